The molecule has 0 bridgehead atoms. The molecule has 116 valence electrons. The largest absolute Gasteiger partial charge is 0.355 e. The molecular weight excluding hydrogens is 278 g/mol. The third-order valence-corrected chi connectivity index (χ3v) is 4.06. The molecule has 0 aliphatic carbocycles. The number of nitrogens with zero attached hydrogens (tertiary/aromatic N) is 1. The molecule has 2 amide bonds. The number of amides is 2. The standard InChI is InChI=1S/C14H25N3O2.ClH/c18-13(17-10-2-1-3-11-17)6-9-16-14(19)12-4-7-15-8-5-12;/h12,15H,1-11H2,(H,16,19);1H. The molecule has 2 saturated heterocycles. The molecule has 0 radical (unpaired) electrons. The van der Waals surface area contributed by atoms with Gasteiger partial charge in [0.25, 0.3) is 0 Å². The van der Waals surface area contributed by atoms with E-state index in [0.29, 0.717) is 13.0 Å². The number of likely N-dealkylation sites (tertiary alicyclic amines) is 1. The van der Waals surface area contributed by atoms with Crippen LogP contribution in [0.2, 0.25) is 0 Å². The van der Waals surface area contributed by atoms with E-state index in [0.717, 1.165) is 51.9 Å². The Morgan fingerprint density at radius 1 is 1.10 bits per heavy atom. The van der Waals surface area contributed by atoms with Crippen LogP contribution in [0.25, 0.3) is 0 Å². The Morgan fingerprint density at radius 2 is 1.75 bits per heavy atom. The van der Waals surface area contributed by atoms with Crippen LogP contribution in [0.1, 0.15) is 38.5 Å². The minimum atomic E-state index is 0. The van der Waals surface area contributed by atoms with E-state index >= 15 is 0 Å². The second-order valence-corrected chi connectivity index (χ2v) is 5.51. The zero-order valence-electron chi connectivity index (χ0n) is 12.0. The van der Waals surface area contributed by atoms with E-state index < -0.39 is 0 Å². The van der Waals surface area contributed by atoms with Crippen molar-refractivity contribution in [1.29, 1.82) is 0 Å². The molecule has 20 heavy (non-hydrogen) atoms. The summed E-state index contributed by atoms with van der Waals surface area (Å²) in [4.78, 5) is 25.7. The molecule has 0 aromatic carbocycles. The molecule has 0 aromatic heterocycles. The molecule has 2 fully saturated rings. The summed E-state index contributed by atoms with van der Waals surface area (Å²) in [5.74, 6) is 0.435. The zero-order chi connectivity index (χ0) is 13.5. The van der Waals surface area contributed by atoms with Crippen LogP contribution < -0.4 is 10.6 Å². The maximum atomic E-state index is 11.9. The number of nitrogens with one attached hydrogen (secondary N) is 2. The lowest BCUT2D eigenvalue weighted by Gasteiger charge is -2.27. The second kappa shape index (κ2) is 9.19. The Hall–Kier alpha value is -0.810. The average Bonchev–Trinajstić information content (AvgIpc) is 2.49. The summed E-state index contributed by atoms with van der Waals surface area (Å²) >= 11 is 0. The van der Waals surface area contributed by atoms with Crippen LogP contribution in [0.4, 0.5) is 0 Å². The van der Waals surface area contributed by atoms with Crippen LogP contribution in [-0.4, -0.2) is 49.4 Å². The van der Waals surface area contributed by atoms with Gasteiger partial charge >= 0.3 is 0 Å². The maximum Gasteiger partial charge on any atom is 0.224 e. The second-order valence-electron chi connectivity index (χ2n) is 5.51. The lowest BCUT2D eigenvalue weighted by molar-refractivity contribution is -0.132. The summed E-state index contributed by atoms with van der Waals surface area (Å²) in [7, 11) is 0. The molecule has 0 saturated carbocycles. The first kappa shape index (κ1) is 17.2. The third kappa shape index (κ3) is 5.29. The molecular formula is C14H26ClN3O2. The molecule has 2 N–H and O–H groups in total. The SMILES string of the molecule is Cl.O=C(NCCC(=O)N1CCCCC1)C1CCNCC1. The van der Waals surface area contributed by atoms with Gasteiger partial charge in [-0.25, -0.2) is 0 Å². The Bertz CT molecular complexity index is 284. The Balaban J connectivity index is 0.00000200. The molecule has 0 spiro atoms. The molecule has 5 nitrogen and oxygen atoms in total. The van der Waals surface area contributed by atoms with Crippen LogP contribution in [0.15, 0.2) is 0 Å². The summed E-state index contributed by atoms with van der Waals surface area (Å²) in [6.07, 6.45) is 5.73. The number of carbonyl (C=O) groups excluding carboxylic acids is 2. The van der Waals surface area contributed by atoms with Crippen LogP contribution in [0, 0.1) is 5.92 Å². The maximum absolute atomic E-state index is 11.9. The third-order valence-electron chi connectivity index (χ3n) is 4.06. The number of carbonyl (C=O) groups is 2. The summed E-state index contributed by atoms with van der Waals surface area (Å²) < 4.78 is 0. The van der Waals surface area contributed by atoms with Crippen LogP contribution >= 0.6 is 12.4 Å². The fraction of sp³-hybridized carbons (Fsp3) is 0.857. The van der Waals surface area contributed by atoms with Gasteiger partial charge in [0.1, 0.15) is 0 Å². The highest BCUT2D eigenvalue weighted by Crippen LogP contribution is 2.12. The first-order valence-electron chi connectivity index (χ1n) is 7.53. The first-order valence-corrected chi connectivity index (χ1v) is 7.53. The van der Waals surface area contributed by atoms with Gasteiger partial charge < -0.3 is 15.5 Å². The minimum absolute atomic E-state index is 0. The van der Waals surface area contributed by atoms with Gasteiger partial charge in [0.2, 0.25) is 11.8 Å². The van der Waals surface area contributed by atoms with Crippen LogP contribution in [0.5, 0.6) is 0 Å². The van der Waals surface area contributed by atoms with Crippen molar-refractivity contribution in [2.75, 3.05) is 32.7 Å². The summed E-state index contributed by atoms with van der Waals surface area (Å²) in [6.45, 7) is 4.11. The van der Waals surface area contributed by atoms with E-state index in [4.69, 9.17) is 0 Å². The summed E-state index contributed by atoms with van der Waals surface area (Å²) in [6, 6.07) is 0. The smallest absolute Gasteiger partial charge is 0.224 e. The summed E-state index contributed by atoms with van der Waals surface area (Å²) in [5, 5.41) is 6.15. The topological polar surface area (TPSA) is 61.4 Å². The average molecular weight is 304 g/mol. The lowest BCUT2D eigenvalue weighted by atomic mass is 9.97. The zero-order valence-corrected chi connectivity index (χ0v) is 12.8. The Morgan fingerprint density at radius 3 is 2.40 bits per heavy atom. The van der Waals surface area contributed by atoms with Crippen molar-refractivity contribution in [1.82, 2.24) is 15.5 Å². The highest BCUT2D eigenvalue weighted by Gasteiger charge is 2.21. The van der Waals surface area contributed by atoms with Gasteiger partial charge in [-0.2, -0.15) is 0 Å². The quantitative estimate of drug-likeness (QED) is 0.812. The van der Waals surface area contributed by atoms with E-state index in [1.54, 1.807) is 0 Å². The van der Waals surface area contributed by atoms with Gasteiger partial charge in [0.05, 0.1) is 0 Å². The molecule has 2 aliphatic heterocycles. The van der Waals surface area contributed by atoms with E-state index in [9.17, 15) is 9.59 Å². The molecule has 2 aliphatic rings. The van der Waals surface area contributed by atoms with Gasteiger partial charge in [-0.15, -0.1) is 12.4 Å². The number of rotatable bonds is 4. The van der Waals surface area contributed by atoms with Gasteiger partial charge in [-0.1, -0.05) is 0 Å². The Labute approximate surface area is 127 Å². The molecule has 0 atom stereocenters. The van der Waals surface area contributed by atoms with E-state index in [2.05, 4.69) is 10.6 Å². The highest BCUT2D eigenvalue weighted by atomic mass is 35.5. The summed E-state index contributed by atoms with van der Waals surface area (Å²) in [5.41, 5.74) is 0. The number of piperidine rings is 2. The predicted octanol–water partition coefficient (Wildman–Crippen LogP) is 0.927. The van der Waals surface area contributed by atoms with Gasteiger partial charge in [0, 0.05) is 32.0 Å². The van der Waals surface area contributed by atoms with Crippen LogP contribution in [-0.2, 0) is 9.59 Å². The Kier molecular flexibility index (Phi) is 7.92. The molecule has 6 heteroatoms. The van der Waals surface area contributed by atoms with Crippen molar-refractivity contribution in [3.63, 3.8) is 0 Å². The van der Waals surface area contributed by atoms with Crippen molar-refractivity contribution in [3.8, 4) is 0 Å². The van der Waals surface area contributed by atoms with E-state index in [1.165, 1.54) is 6.42 Å². The van der Waals surface area contributed by atoms with Crippen molar-refractivity contribution >= 4 is 24.2 Å². The minimum Gasteiger partial charge on any atom is -0.355 e. The van der Waals surface area contributed by atoms with Gasteiger partial charge in [0.15, 0.2) is 0 Å². The molecule has 2 heterocycles. The first-order chi connectivity index (χ1) is 9.27. The van der Waals surface area contributed by atoms with E-state index in [1.807, 2.05) is 4.90 Å². The fourth-order valence-electron chi connectivity index (χ4n) is 2.82. The number of halogens is 1. The van der Waals surface area contributed by atoms with Crippen molar-refractivity contribution in [2.24, 2.45) is 5.92 Å². The van der Waals surface area contributed by atoms with Crippen LogP contribution in [0.3, 0.4) is 0 Å². The van der Waals surface area contributed by atoms with Gasteiger partial charge in [-0.3, -0.25) is 9.59 Å². The molecule has 0 unspecified atom stereocenters. The van der Waals surface area contributed by atoms with Gasteiger partial charge in [-0.05, 0) is 45.2 Å². The lowest BCUT2D eigenvalue weighted by Crippen LogP contribution is -2.41. The normalized spacial score (nSPS) is 20.1. The molecule has 2 rings (SSSR count). The predicted molar refractivity (Wildman–Crippen MR) is 80.9 cm³/mol. The monoisotopic (exact) mass is 303 g/mol. The highest BCUT2D eigenvalue weighted by molar-refractivity contribution is 5.85. The van der Waals surface area contributed by atoms with E-state index in [-0.39, 0.29) is 30.1 Å². The van der Waals surface area contributed by atoms with Crippen molar-refractivity contribution < 1.29 is 9.59 Å². The van der Waals surface area contributed by atoms with Crippen molar-refractivity contribution in [3.05, 3.63) is 0 Å². The number of hydrogen-bond donors (Lipinski definition) is 2. The number of hydrogen-bond acceptors (Lipinski definition) is 3. The fourth-order valence-corrected chi connectivity index (χ4v) is 2.82. The van der Waals surface area contributed by atoms with Crippen molar-refractivity contribution in [2.45, 2.75) is 38.5 Å². The molecule has 0 aromatic rings.